The van der Waals surface area contributed by atoms with Crippen molar-refractivity contribution in [1.82, 2.24) is 10.6 Å². The van der Waals surface area contributed by atoms with E-state index in [1.54, 1.807) is 0 Å². The molecule has 1 unspecified atom stereocenters. The minimum atomic E-state index is -0.889. The lowest BCUT2D eigenvalue weighted by molar-refractivity contribution is -0.0113. The minimum absolute atomic E-state index is 0.566. The van der Waals surface area contributed by atoms with Crippen LogP contribution < -0.4 is 10.6 Å². The van der Waals surface area contributed by atoms with E-state index in [1.807, 2.05) is 30.3 Å². The number of piperazine rings is 1. The quantitative estimate of drug-likeness (QED) is 0.568. The van der Waals surface area contributed by atoms with E-state index in [2.05, 4.69) is 10.6 Å². The molecule has 13 heavy (non-hydrogen) atoms. The second-order valence-electron chi connectivity index (χ2n) is 3.33. The van der Waals surface area contributed by atoms with Gasteiger partial charge < -0.3 is 10.4 Å². The molecular weight excluding hydrogens is 164 g/mol. The summed E-state index contributed by atoms with van der Waals surface area (Å²) >= 11 is 0. The van der Waals surface area contributed by atoms with Crippen LogP contribution in [0.4, 0.5) is 0 Å². The van der Waals surface area contributed by atoms with Crippen molar-refractivity contribution in [2.75, 3.05) is 19.6 Å². The lowest BCUT2D eigenvalue weighted by Crippen LogP contribution is -2.56. The number of aliphatic hydroxyl groups is 1. The van der Waals surface area contributed by atoms with Gasteiger partial charge in [0.2, 0.25) is 0 Å². The summed E-state index contributed by atoms with van der Waals surface area (Å²) in [6.07, 6.45) is 0. The Balaban J connectivity index is 2.23. The SMILES string of the molecule is OC1(c2ccccc2)CNCCN1. The van der Waals surface area contributed by atoms with Crippen LogP contribution in [0.3, 0.4) is 0 Å². The summed E-state index contributed by atoms with van der Waals surface area (Å²) in [5.41, 5.74) is 0.0293. The molecule has 1 atom stereocenters. The largest absolute Gasteiger partial charge is 0.370 e. The van der Waals surface area contributed by atoms with Gasteiger partial charge >= 0.3 is 0 Å². The first-order chi connectivity index (χ1) is 6.31. The first-order valence-electron chi connectivity index (χ1n) is 4.55. The highest BCUT2D eigenvalue weighted by Gasteiger charge is 2.29. The van der Waals surface area contributed by atoms with E-state index in [1.165, 1.54) is 0 Å². The maximum Gasteiger partial charge on any atom is 0.154 e. The Bertz CT molecular complexity index is 268. The molecule has 3 N–H and O–H groups in total. The van der Waals surface area contributed by atoms with Gasteiger partial charge in [0.05, 0.1) is 0 Å². The van der Waals surface area contributed by atoms with Crippen LogP contribution in [0.5, 0.6) is 0 Å². The molecule has 0 saturated carbocycles. The molecule has 70 valence electrons. The van der Waals surface area contributed by atoms with E-state index in [9.17, 15) is 5.11 Å². The summed E-state index contributed by atoms with van der Waals surface area (Å²) < 4.78 is 0. The number of hydrogen-bond acceptors (Lipinski definition) is 3. The average Bonchev–Trinajstić information content (AvgIpc) is 2.20. The molecule has 1 fully saturated rings. The minimum Gasteiger partial charge on any atom is -0.370 e. The number of hydrogen-bond donors (Lipinski definition) is 3. The molecule has 1 saturated heterocycles. The highest BCUT2D eigenvalue weighted by Crippen LogP contribution is 2.17. The van der Waals surface area contributed by atoms with Gasteiger partial charge in [-0.05, 0) is 5.56 Å². The molecule has 1 aliphatic rings. The summed E-state index contributed by atoms with van der Waals surface area (Å²) in [7, 11) is 0. The Hall–Kier alpha value is -0.900. The van der Waals surface area contributed by atoms with Crippen molar-refractivity contribution in [2.45, 2.75) is 5.72 Å². The van der Waals surface area contributed by atoms with Crippen LogP contribution in [-0.4, -0.2) is 24.7 Å². The standard InChI is InChI=1S/C10H14N2O/c13-10(8-11-6-7-12-10)9-4-2-1-3-5-9/h1-5,11-13H,6-8H2. The average molecular weight is 178 g/mol. The van der Waals surface area contributed by atoms with Gasteiger partial charge in [-0.25, -0.2) is 0 Å². The van der Waals surface area contributed by atoms with Crippen LogP contribution in [0.25, 0.3) is 0 Å². The number of β-amino-alcohol motifs (C(OH)–C–C–N with tert-alkyl or cyclic N) is 1. The van der Waals surface area contributed by atoms with Crippen LogP contribution >= 0.6 is 0 Å². The lowest BCUT2D eigenvalue weighted by atomic mass is 10.0. The van der Waals surface area contributed by atoms with Gasteiger partial charge in [-0.3, -0.25) is 5.32 Å². The van der Waals surface area contributed by atoms with E-state index in [4.69, 9.17) is 0 Å². The zero-order chi connectivity index (χ0) is 9.15. The third-order valence-electron chi connectivity index (χ3n) is 2.35. The fourth-order valence-corrected chi connectivity index (χ4v) is 1.61. The number of benzene rings is 1. The van der Waals surface area contributed by atoms with Crippen LogP contribution in [-0.2, 0) is 5.72 Å². The van der Waals surface area contributed by atoms with Crippen LogP contribution in [0.2, 0.25) is 0 Å². The summed E-state index contributed by atoms with van der Waals surface area (Å²) in [5.74, 6) is 0. The van der Waals surface area contributed by atoms with Crippen LogP contribution in [0.15, 0.2) is 30.3 Å². The summed E-state index contributed by atoms with van der Waals surface area (Å²) in [5, 5.41) is 16.4. The van der Waals surface area contributed by atoms with Gasteiger partial charge in [-0.2, -0.15) is 0 Å². The van der Waals surface area contributed by atoms with Gasteiger partial charge in [0.15, 0.2) is 5.72 Å². The Kier molecular flexibility index (Phi) is 2.31. The van der Waals surface area contributed by atoms with E-state index in [0.717, 1.165) is 18.7 Å². The van der Waals surface area contributed by atoms with Crippen LogP contribution in [0.1, 0.15) is 5.56 Å². The van der Waals surface area contributed by atoms with Gasteiger partial charge in [0.1, 0.15) is 0 Å². The fourth-order valence-electron chi connectivity index (χ4n) is 1.61. The molecular formula is C10H14N2O. The van der Waals surface area contributed by atoms with Crippen molar-refractivity contribution in [2.24, 2.45) is 0 Å². The molecule has 3 heteroatoms. The second-order valence-corrected chi connectivity index (χ2v) is 3.33. The van der Waals surface area contributed by atoms with Crippen molar-refractivity contribution in [3.8, 4) is 0 Å². The molecule has 0 aromatic heterocycles. The monoisotopic (exact) mass is 178 g/mol. The van der Waals surface area contributed by atoms with Crippen molar-refractivity contribution in [1.29, 1.82) is 0 Å². The predicted molar refractivity (Wildman–Crippen MR) is 51.2 cm³/mol. The van der Waals surface area contributed by atoms with Crippen molar-refractivity contribution in [3.05, 3.63) is 35.9 Å². The van der Waals surface area contributed by atoms with Crippen molar-refractivity contribution in [3.63, 3.8) is 0 Å². The molecule has 0 bridgehead atoms. The normalized spacial score (nSPS) is 28.7. The molecule has 0 amide bonds. The third kappa shape index (κ3) is 1.72. The van der Waals surface area contributed by atoms with E-state index in [0.29, 0.717) is 6.54 Å². The van der Waals surface area contributed by atoms with Gasteiger partial charge in [-0.1, -0.05) is 30.3 Å². The maximum atomic E-state index is 10.2. The smallest absolute Gasteiger partial charge is 0.154 e. The lowest BCUT2D eigenvalue weighted by Gasteiger charge is -2.34. The Morgan fingerprint density at radius 3 is 2.54 bits per heavy atom. The Morgan fingerprint density at radius 2 is 1.92 bits per heavy atom. The highest BCUT2D eigenvalue weighted by atomic mass is 16.3. The highest BCUT2D eigenvalue weighted by molar-refractivity contribution is 5.22. The van der Waals surface area contributed by atoms with Gasteiger partial charge in [-0.15, -0.1) is 0 Å². The Morgan fingerprint density at radius 1 is 1.15 bits per heavy atom. The molecule has 3 nitrogen and oxygen atoms in total. The molecule has 1 heterocycles. The van der Waals surface area contributed by atoms with Crippen molar-refractivity contribution < 1.29 is 5.11 Å². The summed E-state index contributed by atoms with van der Waals surface area (Å²) in [6, 6.07) is 9.68. The zero-order valence-corrected chi connectivity index (χ0v) is 7.46. The maximum absolute atomic E-state index is 10.2. The topological polar surface area (TPSA) is 44.3 Å². The first-order valence-corrected chi connectivity index (χ1v) is 4.55. The number of nitrogens with one attached hydrogen (secondary N) is 2. The second kappa shape index (κ2) is 3.46. The Labute approximate surface area is 77.8 Å². The summed E-state index contributed by atoms with van der Waals surface area (Å²) in [6.45, 7) is 2.28. The van der Waals surface area contributed by atoms with E-state index in [-0.39, 0.29) is 0 Å². The van der Waals surface area contributed by atoms with Crippen LogP contribution in [0, 0.1) is 0 Å². The third-order valence-corrected chi connectivity index (χ3v) is 2.35. The van der Waals surface area contributed by atoms with Gasteiger partial charge in [0.25, 0.3) is 0 Å². The molecule has 0 spiro atoms. The molecule has 1 aromatic rings. The molecule has 2 rings (SSSR count). The number of rotatable bonds is 1. The van der Waals surface area contributed by atoms with Gasteiger partial charge in [0, 0.05) is 19.6 Å². The fraction of sp³-hybridized carbons (Fsp3) is 0.400. The summed E-state index contributed by atoms with van der Waals surface area (Å²) in [4.78, 5) is 0. The predicted octanol–water partition coefficient (Wildman–Crippen LogP) is 0.0245. The molecule has 0 aliphatic carbocycles. The van der Waals surface area contributed by atoms with E-state index < -0.39 is 5.72 Å². The zero-order valence-electron chi connectivity index (χ0n) is 7.46. The van der Waals surface area contributed by atoms with E-state index >= 15 is 0 Å². The van der Waals surface area contributed by atoms with Crippen molar-refractivity contribution >= 4 is 0 Å². The first kappa shape index (κ1) is 8.69. The molecule has 0 radical (unpaired) electrons. The molecule has 1 aromatic carbocycles. The molecule has 1 aliphatic heterocycles.